The molecule has 2 aromatic rings. The molecule has 0 amide bonds. The molecular weight excluding hydrogens is 338 g/mol. The molecule has 0 bridgehead atoms. The largest absolute Gasteiger partial charge is 0.379 e. The number of nitrogens with one attached hydrogen (secondary N) is 1. The highest BCUT2D eigenvalue weighted by atomic mass is 79.9. The number of hydrogen-bond acceptors (Lipinski definition) is 3. The van der Waals surface area contributed by atoms with Crippen molar-refractivity contribution in [2.75, 3.05) is 11.6 Å². The van der Waals surface area contributed by atoms with Crippen molar-refractivity contribution in [1.82, 2.24) is 0 Å². The van der Waals surface area contributed by atoms with E-state index in [1.54, 1.807) is 23.1 Å². The van der Waals surface area contributed by atoms with E-state index in [9.17, 15) is 0 Å². The molecule has 0 saturated heterocycles. The van der Waals surface area contributed by atoms with Crippen LogP contribution in [0.3, 0.4) is 0 Å². The summed E-state index contributed by atoms with van der Waals surface area (Å²) in [5.74, 6) is 0. The second-order valence-corrected chi connectivity index (χ2v) is 6.83. The number of benzene rings is 1. The summed E-state index contributed by atoms with van der Waals surface area (Å²) in [5, 5.41) is 3.43. The minimum Gasteiger partial charge on any atom is -0.379 e. The third kappa shape index (κ3) is 3.41. The van der Waals surface area contributed by atoms with Crippen LogP contribution in [0.25, 0.3) is 0 Å². The Morgan fingerprint density at radius 2 is 2.18 bits per heavy atom. The van der Waals surface area contributed by atoms with Crippen molar-refractivity contribution in [2.45, 2.75) is 11.4 Å². The predicted octanol–water partition coefficient (Wildman–Crippen LogP) is 5.50. The van der Waals surface area contributed by atoms with Crippen molar-refractivity contribution in [1.29, 1.82) is 0 Å². The third-order valence-electron chi connectivity index (χ3n) is 2.26. The van der Waals surface area contributed by atoms with Crippen LogP contribution in [0.1, 0.15) is 4.88 Å². The maximum Gasteiger partial charge on any atom is 0.107 e. The molecule has 1 aromatic heterocycles. The molecule has 0 spiro atoms. The van der Waals surface area contributed by atoms with Crippen LogP contribution in [0.4, 0.5) is 5.69 Å². The zero-order valence-corrected chi connectivity index (χ0v) is 13.1. The van der Waals surface area contributed by atoms with E-state index in [0.29, 0.717) is 0 Å². The Morgan fingerprint density at radius 1 is 1.41 bits per heavy atom. The fraction of sp³-hybridized carbons (Fsp3) is 0.167. The van der Waals surface area contributed by atoms with E-state index < -0.39 is 0 Å². The molecule has 0 aliphatic heterocycles. The summed E-state index contributed by atoms with van der Waals surface area (Å²) < 4.78 is 1.78. The SMILES string of the molecule is CSc1ccccc1NCc1cc(Br)c(Cl)s1. The Bertz CT molecular complexity index is 493. The lowest BCUT2D eigenvalue weighted by molar-refractivity contribution is 1.17. The second-order valence-electron chi connectivity index (χ2n) is 3.39. The molecule has 1 N–H and O–H groups in total. The summed E-state index contributed by atoms with van der Waals surface area (Å²) >= 11 is 12.8. The van der Waals surface area contributed by atoms with Gasteiger partial charge in [-0.1, -0.05) is 23.7 Å². The summed E-state index contributed by atoms with van der Waals surface area (Å²) in [6, 6.07) is 10.4. The van der Waals surface area contributed by atoms with E-state index in [0.717, 1.165) is 15.4 Å². The van der Waals surface area contributed by atoms with Gasteiger partial charge in [-0.25, -0.2) is 0 Å². The number of halogens is 2. The predicted molar refractivity (Wildman–Crippen MR) is 82.6 cm³/mol. The highest BCUT2D eigenvalue weighted by molar-refractivity contribution is 9.10. The molecule has 0 unspecified atom stereocenters. The van der Waals surface area contributed by atoms with Crippen molar-refractivity contribution in [2.24, 2.45) is 0 Å². The molecule has 90 valence electrons. The third-order valence-corrected chi connectivity index (χ3v) is 5.53. The lowest BCUT2D eigenvalue weighted by atomic mass is 10.3. The molecule has 0 aliphatic carbocycles. The Balaban J connectivity index is 2.07. The zero-order chi connectivity index (χ0) is 12.3. The summed E-state index contributed by atoms with van der Waals surface area (Å²) in [6.45, 7) is 0.799. The van der Waals surface area contributed by atoms with Gasteiger partial charge in [0.25, 0.3) is 0 Å². The number of thioether (sulfide) groups is 1. The lowest BCUT2D eigenvalue weighted by Crippen LogP contribution is -1.98. The van der Waals surface area contributed by atoms with Crippen molar-refractivity contribution in [3.8, 4) is 0 Å². The Morgan fingerprint density at radius 3 is 2.82 bits per heavy atom. The normalized spacial score (nSPS) is 10.5. The molecular formula is C12H11BrClNS2. The van der Waals surface area contributed by atoms with Crippen LogP contribution in [0, 0.1) is 0 Å². The van der Waals surface area contributed by atoms with Crippen LogP contribution in [-0.4, -0.2) is 6.26 Å². The number of hydrogen-bond donors (Lipinski definition) is 1. The Labute approximate surface area is 123 Å². The minimum atomic E-state index is 0.799. The van der Waals surface area contributed by atoms with E-state index in [4.69, 9.17) is 11.6 Å². The quantitative estimate of drug-likeness (QED) is 0.732. The molecule has 0 saturated carbocycles. The topological polar surface area (TPSA) is 12.0 Å². The first-order chi connectivity index (χ1) is 8.20. The van der Waals surface area contributed by atoms with Crippen LogP contribution in [-0.2, 0) is 6.54 Å². The number of thiophene rings is 1. The van der Waals surface area contributed by atoms with Gasteiger partial charge in [0.2, 0.25) is 0 Å². The van der Waals surface area contributed by atoms with Crippen molar-refractivity contribution >= 4 is 56.3 Å². The first kappa shape index (κ1) is 13.3. The summed E-state index contributed by atoms with van der Waals surface area (Å²) in [7, 11) is 0. The average Bonchev–Trinajstić information content (AvgIpc) is 2.66. The van der Waals surface area contributed by atoms with E-state index in [1.807, 2.05) is 6.07 Å². The molecule has 1 nitrogen and oxygen atoms in total. The Hall–Kier alpha value is -0.160. The van der Waals surface area contributed by atoms with Gasteiger partial charge in [-0.2, -0.15) is 0 Å². The van der Waals surface area contributed by atoms with Crippen LogP contribution >= 0.6 is 50.6 Å². The first-order valence-corrected chi connectivity index (χ1v) is 8.22. The summed E-state index contributed by atoms with van der Waals surface area (Å²) in [5.41, 5.74) is 1.17. The molecule has 1 heterocycles. The summed E-state index contributed by atoms with van der Waals surface area (Å²) in [6.07, 6.45) is 2.08. The fourth-order valence-corrected chi connectivity index (χ4v) is 3.76. The van der Waals surface area contributed by atoms with Gasteiger partial charge in [-0.05, 0) is 40.4 Å². The van der Waals surface area contributed by atoms with Crippen molar-refractivity contribution in [3.05, 3.63) is 44.0 Å². The van der Waals surface area contributed by atoms with Crippen LogP contribution < -0.4 is 5.32 Å². The van der Waals surface area contributed by atoms with E-state index in [1.165, 1.54) is 15.5 Å². The molecule has 0 fully saturated rings. The molecule has 1 aromatic carbocycles. The van der Waals surface area contributed by atoms with E-state index in [-0.39, 0.29) is 0 Å². The Kier molecular flexibility index (Phi) is 4.79. The van der Waals surface area contributed by atoms with Crippen LogP contribution in [0.5, 0.6) is 0 Å². The molecule has 0 radical (unpaired) electrons. The molecule has 0 aliphatic rings. The average molecular weight is 349 g/mol. The van der Waals surface area contributed by atoms with Gasteiger partial charge in [0, 0.05) is 26.5 Å². The second kappa shape index (κ2) is 6.14. The monoisotopic (exact) mass is 347 g/mol. The van der Waals surface area contributed by atoms with Crippen molar-refractivity contribution < 1.29 is 0 Å². The maximum atomic E-state index is 6.01. The molecule has 2 rings (SSSR count). The van der Waals surface area contributed by atoms with E-state index >= 15 is 0 Å². The van der Waals surface area contributed by atoms with Crippen LogP contribution in [0.2, 0.25) is 4.34 Å². The first-order valence-electron chi connectivity index (χ1n) is 5.01. The van der Waals surface area contributed by atoms with Gasteiger partial charge in [0.15, 0.2) is 0 Å². The number of para-hydroxylation sites is 1. The van der Waals surface area contributed by atoms with Gasteiger partial charge < -0.3 is 5.32 Å². The highest BCUT2D eigenvalue weighted by Crippen LogP contribution is 2.33. The van der Waals surface area contributed by atoms with Gasteiger partial charge in [0.1, 0.15) is 4.34 Å². The lowest BCUT2D eigenvalue weighted by Gasteiger charge is -2.08. The zero-order valence-electron chi connectivity index (χ0n) is 9.17. The molecule has 5 heteroatoms. The van der Waals surface area contributed by atoms with E-state index in [2.05, 4.69) is 51.8 Å². The number of anilines is 1. The van der Waals surface area contributed by atoms with Gasteiger partial charge in [-0.3, -0.25) is 0 Å². The minimum absolute atomic E-state index is 0.799. The van der Waals surface area contributed by atoms with Gasteiger partial charge in [-0.15, -0.1) is 23.1 Å². The van der Waals surface area contributed by atoms with Gasteiger partial charge in [0.05, 0.1) is 0 Å². The van der Waals surface area contributed by atoms with Gasteiger partial charge >= 0.3 is 0 Å². The van der Waals surface area contributed by atoms with Crippen LogP contribution in [0.15, 0.2) is 39.7 Å². The fourth-order valence-electron chi connectivity index (χ4n) is 1.45. The summed E-state index contributed by atoms with van der Waals surface area (Å²) in [4.78, 5) is 2.48. The standard InChI is InChI=1S/C12H11BrClNS2/c1-16-11-5-3-2-4-10(11)15-7-8-6-9(13)12(14)17-8/h2-6,15H,7H2,1H3. The van der Waals surface area contributed by atoms with Crippen molar-refractivity contribution in [3.63, 3.8) is 0 Å². The molecule has 0 atom stereocenters. The smallest absolute Gasteiger partial charge is 0.107 e. The number of rotatable bonds is 4. The maximum absolute atomic E-state index is 6.01. The molecule has 17 heavy (non-hydrogen) atoms. The highest BCUT2D eigenvalue weighted by Gasteiger charge is 2.05.